The van der Waals surface area contributed by atoms with Crippen LogP contribution in [0.3, 0.4) is 0 Å². The van der Waals surface area contributed by atoms with Gasteiger partial charge in [-0.25, -0.2) is 17.5 Å². The number of hydrogen-bond acceptors (Lipinski definition) is 4. The number of carbonyl (C=O) groups is 2. The second-order valence-electron chi connectivity index (χ2n) is 6.24. The van der Waals surface area contributed by atoms with Gasteiger partial charge in [0, 0.05) is 19.4 Å². The molecule has 6 nitrogen and oxygen atoms in total. The summed E-state index contributed by atoms with van der Waals surface area (Å²) < 4.78 is 40.1. The highest BCUT2D eigenvalue weighted by molar-refractivity contribution is 7.89. The number of hydrogen-bond donors (Lipinski definition) is 1. The van der Waals surface area contributed by atoms with Crippen LogP contribution < -0.4 is 9.62 Å². The van der Waals surface area contributed by atoms with Gasteiger partial charge in [-0.1, -0.05) is 12.1 Å². The van der Waals surface area contributed by atoms with Gasteiger partial charge >= 0.3 is 0 Å². The fourth-order valence-electron chi connectivity index (χ4n) is 2.88. The van der Waals surface area contributed by atoms with Gasteiger partial charge < -0.3 is 0 Å². The number of anilines is 1. The Morgan fingerprint density at radius 1 is 0.926 bits per heavy atom. The molecule has 1 aliphatic rings. The van der Waals surface area contributed by atoms with E-state index in [2.05, 4.69) is 4.72 Å². The molecule has 1 saturated heterocycles. The first-order valence-corrected chi connectivity index (χ1v) is 10.0. The SMILES string of the molecule is O=C1CCCC(=O)N1c1ccc(S(=O)(=O)NCCc2ccc(F)cc2)cc1. The van der Waals surface area contributed by atoms with Gasteiger partial charge in [-0.3, -0.25) is 14.5 Å². The van der Waals surface area contributed by atoms with Gasteiger partial charge in [0.25, 0.3) is 0 Å². The smallest absolute Gasteiger partial charge is 0.240 e. The topological polar surface area (TPSA) is 83.6 Å². The minimum absolute atomic E-state index is 0.0438. The van der Waals surface area contributed by atoms with Crippen LogP contribution in [-0.4, -0.2) is 26.8 Å². The van der Waals surface area contributed by atoms with Gasteiger partial charge in [-0.15, -0.1) is 0 Å². The van der Waals surface area contributed by atoms with E-state index in [1.807, 2.05) is 0 Å². The lowest BCUT2D eigenvalue weighted by Crippen LogP contribution is -2.40. The highest BCUT2D eigenvalue weighted by atomic mass is 32.2. The molecule has 1 aliphatic heterocycles. The maximum absolute atomic E-state index is 12.9. The van der Waals surface area contributed by atoms with E-state index >= 15 is 0 Å². The summed E-state index contributed by atoms with van der Waals surface area (Å²) in [4.78, 5) is 25.0. The third kappa shape index (κ3) is 4.58. The predicted molar refractivity (Wildman–Crippen MR) is 98.1 cm³/mol. The first-order chi connectivity index (χ1) is 12.9. The maximum Gasteiger partial charge on any atom is 0.240 e. The number of nitrogens with zero attached hydrogens (tertiary/aromatic N) is 1. The molecule has 0 atom stereocenters. The summed E-state index contributed by atoms with van der Waals surface area (Å²) in [7, 11) is -3.73. The van der Waals surface area contributed by atoms with Gasteiger partial charge in [-0.2, -0.15) is 0 Å². The van der Waals surface area contributed by atoms with E-state index in [-0.39, 0.29) is 29.1 Å². The number of benzene rings is 2. The van der Waals surface area contributed by atoms with Crippen LogP contribution in [0.25, 0.3) is 0 Å². The van der Waals surface area contributed by atoms with Crippen LogP contribution in [0.15, 0.2) is 53.4 Å². The zero-order valence-electron chi connectivity index (χ0n) is 14.5. The van der Waals surface area contributed by atoms with Crippen molar-refractivity contribution in [2.24, 2.45) is 0 Å². The molecule has 142 valence electrons. The molecule has 1 fully saturated rings. The molecular weight excluding hydrogens is 371 g/mol. The lowest BCUT2D eigenvalue weighted by molar-refractivity contribution is -0.129. The Kier molecular flexibility index (Phi) is 5.67. The molecule has 0 aliphatic carbocycles. The van der Waals surface area contributed by atoms with Crippen LogP contribution in [0.5, 0.6) is 0 Å². The average Bonchev–Trinajstić information content (AvgIpc) is 2.64. The fraction of sp³-hybridized carbons (Fsp3) is 0.263. The Labute approximate surface area is 157 Å². The molecule has 27 heavy (non-hydrogen) atoms. The number of carbonyl (C=O) groups excluding carboxylic acids is 2. The molecular formula is C19H19FN2O4S. The third-order valence-electron chi connectivity index (χ3n) is 4.30. The lowest BCUT2D eigenvalue weighted by Gasteiger charge is -2.24. The first-order valence-electron chi connectivity index (χ1n) is 8.57. The molecule has 0 bridgehead atoms. The zero-order chi connectivity index (χ0) is 19.4. The molecule has 0 unspecified atom stereocenters. The number of piperidine rings is 1. The van der Waals surface area contributed by atoms with E-state index in [0.29, 0.717) is 31.4 Å². The normalized spacial score (nSPS) is 15.2. The van der Waals surface area contributed by atoms with Gasteiger partial charge in [0.2, 0.25) is 21.8 Å². The highest BCUT2D eigenvalue weighted by Crippen LogP contribution is 2.23. The monoisotopic (exact) mass is 390 g/mol. The second-order valence-corrected chi connectivity index (χ2v) is 8.01. The summed E-state index contributed by atoms with van der Waals surface area (Å²) in [6, 6.07) is 11.5. The Balaban J connectivity index is 1.65. The fourth-order valence-corrected chi connectivity index (χ4v) is 3.91. The van der Waals surface area contributed by atoms with Crippen molar-refractivity contribution in [2.75, 3.05) is 11.4 Å². The number of sulfonamides is 1. The predicted octanol–water partition coefficient (Wildman–Crippen LogP) is 2.39. The van der Waals surface area contributed by atoms with E-state index in [0.717, 1.165) is 10.5 Å². The molecule has 2 aromatic rings. The van der Waals surface area contributed by atoms with Crippen LogP contribution in [0.1, 0.15) is 24.8 Å². The number of rotatable bonds is 6. The third-order valence-corrected chi connectivity index (χ3v) is 5.78. The molecule has 1 N–H and O–H groups in total. The van der Waals surface area contributed by atoms with Crippen molar-refractivity contribution in [2.45, 2.75) is 30.6 Å². The second kappa shape index (κ2) is 7.98. The van der Waals surface area contributed by atoms with Crippen LogP contribution in [0, 0.1) is 5.82 Å². The van der Waals surface area contributed by atoms with Crippen LogP contribution in [-0.2, 0) is 26.0 Å². The quantitative estimate of drug-likeness (QED) is 0.768. The van der Waals surface area contributed by atoms with E-state index in [4.69, 9.17) is 0 Å². The summed E-state index contributed by atoms with van der Waals surface area (Å²) in [5, 5.41) is 0. The van der Waals surface area contributed by atoms with Crippen LogP contribution >= 0.6 is 0 Å². The molecule has 8 heteroatoms. The van der Waals surface area contributed by atoms with Crippen molar-refractivity contribution >= 4 is 27.5 Å². The maximum atomic E-state index is 12.9. The first kappa shape index (κ1) is 19.2. The molecule has 0 radical (unpaired) electrons. The van der Waals surface area contributed by atoms with Crippen molar-refractivity contribution in [1.29, 1.82) is 0 Å². The molecule has 3 rings (SSSR count). The molecule has 2 amide bonds. The number of nitrogens with one attached hydrogen (secondary N) is 1. The van der Waals surface area contributed by atoms with Gasteiger partial charge in [0.1, 0.15) is 5.82 Å². The molecule has 0 saturated carbocycles. The Morgan fingerprint density at radius 3 is 2.11 bits per heavy atom. The standard InChI is InChI=1S/C19H19FN2O4S/c20-15-6-4-14(5-7-15)12-13-21-27(25,26)17-10-8-16(9-11-17)22-18(23)2-1-3-19(22)24/h4-11,21H,1-3,12-13H2. The zero-order valence-corrected chi connectivity index (χ0v) is 15.3. The Bertz CT molecular complexity index is 925. The Hall–Kier alpha value is -2.58. The Morgan fingerprint density at radius 2 is 1.52 bits per heavy atom. The van der Waals surface area contributed by atoms with E-state index in [1.54, 1.807) is 12.1 Å². The number of imide groups is 1. The van der Waals surface area contributed by atoms with E-state index in [9.17, 15) is 22.4 Å². The number of halogens is 1. The summed E-state index contributed by atoms with van der Waals surface area (Å²) in [5.74, 6) is -0.899. The van der Waals surface area contributed by atoms with Crippen LogP contribution in [0.2, 0.25) is 0 Å². The molecule has 0 spiro atoms. The molecule has 0 aromatic heterocycles. The van der Waals surface area contributed by atoms with Gasteiger partial charge in [-0.05, 0) is 54.8 Å². The van der Waals surface area contributed by atoms with Gasteiger partial charge in [0.05, 0.1) is 10.6 Å². The van der Waals surface area contributed by atoms with Crippen molar-refractivity contribution < 1.29 is 22.4 Å². The van der Waals surface area contributed by atoms with Crippen LogP contribution in [0.4, 0.5) is 10.1 Å². The average molecular weight is 390 g/mol. The van der Waals surface area contributed by atoms with Crippen molar-refractivity contribution in [3.8, 4) is 0 Å². The van der Waals surface area contributed by atoms with Crippen molar-refractivity contribution in [3.05, 3.63) is 59.9 Å². The highest BCUT2D eigenvalue weighted by Gasteiger charge is 2.27. The lowest BCUT2D eigenvalue weighted by atomic mass is 10.1. The summed E-state index contributed by atoms with van der Waals surface area (Å²) in [5.41, 5.74) is 1.19. The van der Waals surface area contributed by atoms with Crippen molar-refractivity contribution in [1.82, 2.24) is 4.72 Å². The minimum atomic E-state index is -3.73. The van der Waals surface area contributed by atoms with E-state index < -0.39 is 10.0 Å². The molecule has 2 aromatic carbocycles. The summed E-state index contributed by atoms with van der Waals surface area (Å²) >= 11 is 0. The van der Waals surface area contributed by atoms with Crippen molar-refractivity contribution in [3.63, 3.8) is 0 Å². The number of amides is 2. The summed E-state index contributed by atoms with van der Waals surface area (Å²) in [6.45, 7) is 0.165. The largest absolute Gasteiger partial charge is 0.274 e. The van der Waals surface area contributed by atoms with E-state index in [1.165, 1.54) is 36.4 Å². The van der Waals surface area contributed by atoms with Gasteiger partial charge in [0.15, 0.2) is 0 Å². The molecule has 1 heterocycles. The minimum Gasteiger partial charge on any atom is -0.274 e. The summed E-state index contributed by atoms with van der Waals surface area (Å²) in [6.07, 6.45) is 1.57.